The fourth-order valence-corrected chi connectivity index (χ4v) is 1.99. The minimum absolute atomic E-state index is 0.215. The summed E-state index contributed by atoms with van der Waals surface area (Å²) in [6.07, 6.45) is 3.83. The Labute approximate surface area is 92.6 Å². The van der Waals surface area contributed by atoms with Gasteiger partial charge in [-0.25, -0.2) is 0 Å². The SMILES string of the molecule is NC(=O)C1=C2C=CCN2c2ccccc2O1. The van der Waals surface area contributed by atoms with E-state index in [9.17, 15) is 4.79 Å². The van der Waals surface area contributed by atoms with Crippen molar-refractivity contribution in [2.24, 2.45) is 5.73 Å². The molecule has 2 aliphatic heterocycles. The van der Waals surface area contributed by atoms with Crippen molar-refractivity contribution in [1.82, 2.24) is 0 Å². The van der Waals surface area contributed by atoms with Crippen LogP contribution in [0.25, 0.3) is 0 Å². The second kappa shape index (κ2) is 3.13. The van der Waals surface area contributed by atoms with Crippen molar-refractivity contribution < 1.29 is 9.53 Å². The third-order valence-corrected chi connectivity index (χ3v) is 2.68. The van der Waals surface area contributed by atoms with Gasteiger partial charge in [0.15, 0.2) is 5.75 Å². The molecule has 2 N–H and O–H groups in total. The number of carbonyl (C=O) groups excluding carboxylic acids is 1. The molecule has 1 aromatic carbocycles. The first-order valence-electron chi connectivity index (χ1n) is 5.02. The van der Waals surface area contributed by atoms with Crippen LogP contribution >= 0.6 is 0 Å². The van der Waals surface area contributed by atoms with Crippen LogP contribution in [0, 0.1) is 0 Å². The number of hydrogen-bond acceptors (Lipinski definition) is 3. The zero-order valence-corrected chi connectivity index (χ0v) is 8.51. The van der Waals surface area contributed by atoms with Crippen LogP contribution in [0.3, 0.4) is 0 Å². The number of nitrogens with zero attached hydrogens (tertiary/aromatic N) is 1. The van der Waals surface area contributed by atoms with E-state index in [1.807, 2.05) is 41.3 Å². The van der Waals surface area contributed by atoms with Crippen molar-refractivity contribution >= 4 is 11.6 Å². The molecule has 80 valence electrons. The summed E-state index contributed by atoms with van der Waals surface area (Å²) in [5.74, 6) is 0.345. The first-order valence-corrected chi connectivity index (χ1v) is 5.02. The summed E-state index contributed by atoms with van der Waals surface area (Å²) in [6.45, 7) is 0.743. The molecule has 0 spiro atoms. The molecule has 0 unspecified atom stereocenters. The molecule has 0 aliphatic carbocycles. The molecule has 0 radical (unpaired) electrons. The van der Waals surface area contributed by atoms with Gasteiger partial charge in [-0.05, 0) is 18.2 Å². The Morgan fingerprint density at radius 3 is 3.00 bits per heavy atom. The third-order valence-electron chi connectivity index (χ3n) is 2.68. The Hall–Kier alpha value is -2.23. The summed E-state index contributed by atoms with van der Waals surface area (Å²) in [4.78, 5) is 13.3. The summed E-state index contributed by atoms with van der Waals surface area (Å²) in [5.41, 5.74) is 7.01. The maximum absolute atomic E-state index is 11.3. The number of para-hydroxylation sites is 2. The molecular weight excluding hydrogens is 204 g/mol. The molecule has 1 amide bonds. The highest BCUT2D eigenvalue weighted by molar-refractivity contribution is 5.94. The van der Waals surface area contributed by atoms with E-state index < -0.39 is 5.91 Å². The van der Waals surface area contributed by atoms with Gasteiger partial charge in [0, 0.05) is 6.54 Å². The van der Waals surface area contributed by atoms with Gasteiger partial charge in [-0.1, -0.05) is 18.2 Å². The molecule has 2 aliphatic rings. The van der Waals surface area contributed by atoms with E-state index in [0.29, 0.717) is 5.75 Å². The molecule has 0 fully saturated rings. The lowest BCUT2D eigenvalue weighted by molar-refractivity contribution is -0.116. The number of hydrogen-bond donors (Lipinski definition) is 1. The fourth-order valence-electron chi connectivity index (χ4n) is 1.99. The van der Waals surface area contributed by atoms with Gasteiger partial charge in [0.1, 0.15) is 0 Å². The number of nitrogens with two attached hydrogens (primary N) is 1. The Bertz CT molecular complexity index is 532. The normalized spacial score (nSPS) is 16.9. The van der Waals surface area contributed by atoms with Crippen molar-refractivity contribution in [2.75, 3.05) is 11.4 Å². The van der Waals surface area contributed by atoms with E-state index in [2.05, 4.69) is 0 Å². The highest BCUT2D eigenvalue weighted by Crippen LogP contribution is 2.39. The number of fused-ring (bicyclic) bond motifs is 3. The van der Waals surface area contributed by atoms with E-state index in [0.717, 1.165) is 17.9 Å². The summed E-state index contributed by atoms with van der Waals surface area (Å²) in [5, 5.41) is 0. The fraction of sp³-hybridized carbons (Fsp3) is 0.0833. The molecule has 4 heteroatoms. The molecule has 0 saturated carbocycles. The first-order chi connectivity index (χ1) is 7.77. The van der Waals surface area contributed by atoms with Crippen molar-refractivity contribution in [3.05, 3.63) is 47.9 Å². The maximum atomic E-state index is 11.3. The summed E-state index contributed by atoms with van der Waals surface area (Å²) < 4.78 is 5.52. The quantitative estimate of drug-likeness (QED) is 0.763. The van der Waals surface area contributed by atoms with E-state index in [4.69, 9.17) is 10.5 Å². The van der Waals surface area contributed by atoms with Crippen LogP contribution in [0.1, 0.15) is 0 Å². The average Bonchev–Trinajstić information content (AvgIpc) is 2.76. The van der Waals surface area contributed by atoms with Crippen molar-refractivity contribution in [1.29, 1.82) is 0 Å². The van der Waals surface area contributed by atoms with Crippen LogP contribution < -0.4 is 15.4 Å². The highest BCUT2D eigenvalue weighted by Gasteiger charge is 2.29. The van der Waals surface area contributed by atoms with Crippen LogP contribution in [0.2, 0.25) is 0 Å². The molecule has 1 aromatic rings. The van der Waals surface area contributed by atoms with E-state index >= 15 is 0 Å². The van der Waals surface area contributed by atoms with Gasteiger partial charge in [-0.15, -0.1) is 0 Å². The van der Waals surface area contributed by atoms with Gasteiger partial charge < -0.3 is 15.4 Å². The minimum atomic E-state index is -0.541. The van der Waals surface area contributed by atoms with Crippen LogP contribution in [0.5, 0.6) is 5.75 Å². The van der Waals surface area contributed by atoms with Crippen LogP contribution in [-0.4, -0.2) is 12.5 Å². The predicted octanol–water partition coefficient (Wildman–Crippen LogP) is 1.15. The van der Waals surface area contributed by atoms with Crippen LogP contribution in [-0.2, 0) is 4.79 Å². The average molecular weight is 214 g/mol. The maximum Gasteiger partial charge on any atom is 0.286 e. The summed E-state index contributed by atoms with van der Waals surface area (Å²) >= 11 is 0. The predicted molar refractivity (Wildman–Crippen MR) is 59.8 cm³/mol. The lowest BCUT2D eigenvalue weighted by Gasteiger charge is -2.28. The first kappa shape index (κ1) is 9.03. The lowest BCUT2D eigenvalue weighted by atomic mass is 10.2. The topological polar surface area (TPSA) is 55.6 Å². The molecule has 0 saturated heterocycles. The second-order valence-corrected chi connectivity index (χ2v) is 3.66. The van der Waals surface area contributed by atoms with Gasteiger partial charge in [0.2, 0.25) is 5.76 Å². The largest absolute Gasteiger partial charge is 0.447 e. The van der Waals surface area contributed by atoms with Crippen molar-refractivity contribution in [2.45, 2.75) is 0 Å². The standard InChI is InChI=1S/C12H10N2O2/c13-12(15)11-9-5-3-7-14(9)8-4-1-2-6-10(8)16-11/h1-6H,7H2,(H2,13,15). The van der Waals surface area contributed by atoms with Crippen LogP contribution in [0.15, 0.2) is 47.9 Å². The van der Waals surface area contributed by atoms with Crippen molar-refractivity contribution in [3.8, 4) is 5.75 Å². The number of benzene rings is 1. The summed E-state index contributed by atoms with van der Waals surface area (Å²) in [6, 6.07) is 7.59. The molecule has 0 atom stereocenters. The van der Waals surface area contributed by atoms with Gasteiger partial charge in [0.25, 0.3) is 5.91 Å². The highest BCUT2D eigenvalue weighted by atomic mass is 16.5. The Balaban J connectivity index is 2.17. The number of primary amides is 1. The zero-order valence-electron chi connectivity index (χ0n) is 8.51. The number of allylic oxidation sites excluding steroid dienone is 1. The van der Waals surface area contributed by atoms with Gasteiger partial charge in [0.05, 0.1) is 11.4 Å². The third kappa shape index (κ3) is 1.13. The van der Waals surface area contributed by atoms with Crippen molar-refractivity contribution in [3.63, 3.8) is 0 Å². The molecule has 0 bridgehead atoms. The van der Waals surface area contributed by atoms with E-state index in [-0.39, 0.29) is 5.76 Å². The molecule has 2 heterocycles. The minimum Gasteiger partial charge on any atom is -0.447 e. The number of ether oxygens (including phenoxy) is 1. The number of rotatable bonds is 1. The Morgan fingerprint density at radius 1 is 1.38 bits per heavy atom. The Morgan fingerprint density at radius 2 is 2.19 bits per heavy atom. The number of anilines is 1. The number of carbonyl (C=O) groups is 1. The molecular formula is C12H10N2O2. The molecule has 3 rings (SSSR count). The molecule has 4 nitrogen and oxygen atoms in total. The summed E-state index contributed by atoms with van der Waals surface area (Å²) in [7, 11) is 0. The second-order valence-electron chi connectivity index (χ2n) is 3.66. The zero-order chi connectivity index (χ0) is 11.1. The molecule has 0 aromatic heterocycles. The van der Waals surface area contributed by atoms with E-state index in [1.54, 1.807) is 0 Å². The monoisotopic (exact) mass is 214 g/mol. The Kier molecular flexibility index (Phi) is 1.77. The molecule has 16 heavy (non-hydrogen) atoms. The van der Waals surface area contributed by atoms with Crippen LogP contribution in [0.4, 0.5) is 5.69 Å². The van der Waals surface area contributed by atoms with Gasteiger partial charge in [-0.3, -0.25) is 4.79 Å². The number of amides is 1. The lowest BCUT2D eigenvalue weighted by Crippen LogP contribution is -2.30. The van der Waals surface area contributed by atoms with E-state index in [1.165, 1.54) is 0 Å². The van der Waals surface area contributed by atoms with Gasteiger partial charge in [-0.2, -0.15) is 0 Å². The smallest absolute Gasteiger partial charge is 0.286 e. The van der Waals surface area contributed by atoms with Gasteiger partial charge >= 0.3 is 0 Å².